The van der Waals surface area contributed by atoms with Crippen molar-refractivity contribution in [2.75, 3.05) is 0 Å². The standard InChI is InChI=1S/C5H10F4Si2/c1-5-2-3-10(6,7)11(8,9)4-5/h5H,2-4H2,1H3. The zero-order chi connectivity index (χ0) is 8.70. The van der Waals surface area contributed by atoms with Gasteiger partial charge in [-0.3, -0.25) is 16.4 Å². The maximum atomic E-state index is 12.7. The van der Waals surface area contributed by atoms with Crippen LogP contribution in [0, 0.1) is 5.92 Å². The molecule has 0 saturated carbocycles. The predicted molar refractivity (Wildman–Crippen MR) is 39.3 cm³/mol. The van der Waals surface area contributed by atoms with E-state index in [0.717, 1.165) is 0 Å². The molecule has 11 heavy (non-hydrogen) atoms. The van der Waals surface area contributed by atoms with Crippen LogP contribution in [0.2, 0.25) is 12.1 Å². The molecule has 1 fully saturated rings. The van der Waals surface area contributed by atoms with Crippen molar-refractivity contribution in [1.29, 1.82) is 0 Å². The van der Waals surface area contributed by atoms with Crippen LogP contribution in [0.5, 0.6) is 0 Å². The van der Waals surface area contributed by atoms with Crippen LogP contribution in [-0.2, 0) is 0 Å². The van der Waals surface area contributed by atoms with Gasteiger partial charge in [0.1, 0.15) is 0 Å². The van der Waals surface area contributed by atoms with Gasteiger partial charge in [0.25, 0.3) is 0 Å². The van der Waals surface area contributed by atoms with Crippen LogP contribution in [0.1, 0.15) is 13.3 Å². The fourth-order valence-corrected chi connectivity index (χ4v) is 7.37. The smallest absolute Gasteiger partial charge is 0.268 e. The first kappa shape index (κ1) is 9.24. The highest BCUT2D eigenvalue weighted by Gasteiger charge is 2.67. The highest BCUT2D eigenvalue weighted by Crippen LogP contribution is 2.41. The van der Waals surface area contributed by atoms with Gasteiger partial charge in [-0.15, -0.1) is 0 Å². The summed E-state index contributed by atoms with van der Waals surface area (Å²) >= 11 is 0. The lowest BCUT2D eigenvalue weighted by Crippen LogP contribution is -2.54. The molecule has 1 unspecified atom stereocenters. The summed E-state index contributed by atoms with van der Waals surface area (Å²) in [4.78, 5) is 0. The second-order valence-electron chi connectivity index (χ2n) is 3.26. The molecule has 0 amide bonds. The first-order chi connectivity index (χ1) is 4.85. The van der Waals surface area contributed by atoms with Gasteiger partial charge in [0.15, 0.2) is 0 Å². The van der Waals surface area contributed by atoms with Crippen molar-refractivity contribution in [3.05, 3.63) is 0 Å². The van der Waals surface area contributed by atoms with Crippen LogP contribution in [0.4, 0.5) is 16.4 Å². The number of halogens is 4. The Morgan fingerprint density at radius 1 is 1.09 bits per heavy atom. The molecule has 0 N–H and O–H groups in total. The van der Waals surface area contributed by atoms with Crippen LogP contribution in [0.25, 0.3) is 0 Å². The molecule has 1 aliphatic rings. The molecule has 66 valence electrons. The molecular formula is C5H10F4Si2. The van der Waals surface area contributed by atoms with E-state index in [1.165, 1.54) is 0 Å². The molecule has 6 heteroatoms. The van der Waals surface area contributed by atoms with Gasteiger partial charge in [0.05, 0.1) is 0 Å². The van der Waals surface area contributed by atoms with Crippen molar-refractivity contribution in [3.8, 4) is 0 Å². The van der Waals surface area contributed by atoms with E-state index in [9.17, 15) is 16.4 Å². The van der Waals surface area contributed by atoms with Crippen LogP contribution in [0.3, 0.4) is 0 Å². The molecule has 1 atom stereocenters. The van der Waals surface area contributed by atoms with E-state index in [4.69, 9.17) is 0 Å². The van der Waals surface area contributed by atoms with Gasteiger partial charge in [-0.05, 0) is 12.3 Å². The largest absolute Gasteiger partial charge is 0.477 e. The maximum absolute atomic E-state index is 12.7. The van der Waals surface area contributed by atoms with E-state index >= 15 is 0 Å². The summed E-state index contributed by atoms with van der Waals surface area (Å²) in [6, 6.07) is -0.959. The second kappa shape index (κ2) is 2.58. The van der Waals surface area contributed by atoms with Gasteiger partial charge >= 0.3 is 16.5 Å². The van der Waals surface area contributed by atoms with E-state index in [1.807, 2.05) is 0 Å². The molecule has 0 radical (unpaired) electrons. The van der Waals surface area contributed by atoms with Crippen LogP contribution < -0.4 is 0 Å². The molecule has 1 aliphatic heterocycles. The second-order valence-corrected chi connectivity index (χ2v) is 11.4. The summed E-state index contributed by atoms with van der Waals surface area (Å²) < 4.78 is 50.6. The van der Waals surface area contributed by atoms with Gasteiger partial charge < -0.3 is 0 Å². The zero-order valence-electron chi connectivity index (χ0n) is 6.21. The molecule has 0 spiro atoms. The highest BCUT2D eigenvalue weighted by molar-refractivity contribution is 7.31. The van der Waals surface area contributed by atoms with Crippen LogP contribution in [0.15, 0.2) is 0 Å². The van der Waals surface area contributed by atoms with Crippen molar-refractivity contribution in [2.24, 2.45) is 5.92 Å². The molecule has 1 rings (SSSR count). The monoisotopic (exact) mass is 202 g/mol. The van der Waals surface area contributed by atoms with Crippen molar-refractivity contribution >= 4 is 16.5 Å². The van der Waals surface area contributed by atoms with E-state index in [-0.39, 0.29) is 5.92 Å². The van der Waals surface area contributed by atoms with Crippen LogP contribution in [-0.4, -0.2) is 16.5 Å². The molecule has 1 saturated heterocycles. The first-order valence-electron chi connectivity index (χ1n) is 3.61. The summed E-state index contributed by atoms with van der Waals surface area (Å²) in [6.07, 6.45) is 0.293. The number of hydrogen-bond acceptors (Lipinski definition) is 0. The Kier molecular flexibility index (Phi) is 2.17. The quantitative estimate of drug-likeness (QED) is 0.322. The molecule has 1 heterocycles. The summed E-state index contributed by atoms with van der Waals surface area (Å²) in [5.41, 5.74) is 0. The lowest BCUT2D eigenvalue weighted by atomic mass is 10.2. The zero-order valence-corrected chi connectivity index (χ0v) is 8.21. The van der Waals surface area contributed by atoms with Crippen molar-refractivity contribution < 1.29 is 16.4 Å². The van der Waals surface area contributed by atoms with Crippen molar-refractivity contribution in [3.63, 3.8) is 0 Å². The Balaban J connectivity index is 2.72. The SMILES string of the molecule is CC1CC[Si](F)(F)[Si](F)(F)C1. The Bertz CT molecular complexity index is 159. The van der Waals surface area contributed by atoms with Gasteiger partial charge in [0.2, 0.25) is 0 Å². The molecule has 0 aliphatic carbocycles. The third-order valence-electron chi connectivity index (χ3n) is 2.09. The highest BCUT2D eigenvalue weighted by atomic mass is 29.3. The fraction of sp³-hybridized carbons (Fsp3) is 1.00. The van der Waals surface area contributed by atoms with Crippen molar-refractivity contribution in [2.45, 2.75) is 25.4 Å². The van der Waals surface area contributed by atoms with E-state index < -0.39 is 28.6 Å². The Hall–Kier alpha value is 0.154. The van der Waals surface area contributed by atoms with Gasteiger partial charge in [-0.2, -0.15) is 0 Å². The van der Waals surface area contributed by atoms with Crippen molar-refractivity contribution in [1.82, 2.24) is 0 Å². The lowest BCUT2D eigenvalue weighted by Gasteiger charge is -2.29. The van der Waals surface area contributed by atoms with Gasteiger partial charge in [0, 0.05) is 12.1 Å². The Morgan fingerprint density at radius 2 is 1.64 bits per heavy atom. The fourth-order valence-electron chi connectivity index (χ4n) is 1.30. The average Bonchev–Trinajstić information content (AvgIpc) is 1.80. The summed E-state index contributed by atoms with van der Waals surface area (Å²) in [5, 5.41) is 0. The normalized spacial score (nSPS) is 35.2. The molecular weight excluding hydrogens is 192 g/mol. The van der Waals surface area contributed by atoms with Gasteiger partial charge in [-0.1, -0.05) is 6.92 Å². The maximum Gasteiger partial charge on any atom is 0.477 e. The van der Waals surface area contributed by atoms with E-state index in [2.05, 4.69) is 0 Å². The first-order valence-corrected chi connectivity index (χ1v) is 8.53. The van der Waals surface area contributed by atoms with Gasteiger partial charge in [-0.25, -0.2) is 0 Å². The number of rotatable bonds is 0. The molecule has 0 aromatic carbocycles. The number of hydrogen-bond donors (Lipinski definition) is 0. The predicted octanol–water partition coefficient (Wildman–Crippen LogP) is 2.87. The molecule has 0 aromatic rings. The lowest BCUT2D eigenvalue weighted by molar-refractivity contribution is 0.465. The molecule has 0 bridgehead atoms. The summed E-state index contributed by atoms with van der Waals surface area (Å²) in [5.74, 6) is -0.191. The summed E-state index contributed by atoms with van der Waals surface area (Å²) in [7, 11) is -10.1. The minimum absolute atomic E-state index is 0.191. The topological polar surface area (TPSA) is 0 Å². The van der Waals surface area contributed by atoms with E-state index in [0.29, 0.717) is 6.42 Å². The Morgan fingerprint density at radius 3 is 2.00 bits per heavy atom. The van der Waals surface area contributed by atoms with Crippen LogP contribution >= 0.6 is 0 Å². The molecule has 0 nitrogen and oxygen atoms in total. The molecule has 0 aromatic heterocycles. The Labute approximate surface area is 65.1 Å². The minimum Gasteiger partial charge on any atom is -0.268 e. The summed E-state index contributed by atoms with van der Waals surface area (Å²) in [6.45, 7) is 1.63. The third kappa shape index (κ3) is 1.66. The van der Waals surface area contributed by atoms with E-state index in [1.54, 1.807) is 6.92 Å². The minimum atomic E-state index is -5.08. The third-order valence-corrected chi connectivity index (χ3v) is 9.86. The average molecular weight is 202 g/mol.